The zero-order valence-corrected chi connectivity index (χ0v) is 15.4. The van der Waals surface area contributed by atoms with Crippen LogP contribution >= 0.6 is 0 Å². The summed E-state index contributed by atoms with van der Waals surface area (Å²) in [5.74, 6) is 1.70. The lowest BCUT2D eigenvalue weighted by molar-refractivity contribution is 0.102. The molecule has 0 heterocycles. The lowest BCUT2D eigenvalue weighted by Crippen LogP contribution is -2.14. The molecule has 1 amide bonds. The van der Waals surface area contributed by atoms with Gasteiger partial charge in [-0.3, -0.25) is 4.79 Å². The molecule has 1 N–H and O–H groups in total. The molecule has 0 spiro atoms. The van der Waals surface area contributed by atoms with Gasteiger partial charge < -0.3 is 14.8 Å². The van der Waals surface area contributed by atoms with Crippen molar-refractivity contribution in [1.82, 2.24) is 0 Å². The minimum absolute atomic E-state index is 0.0843. The first kappa shape index (κ1) is 18.8. The van der Waals surface area contributed by atoms with Gasteiger partial charge in [-0.2, -0.15) is 0 Å². The smallest absolute Gasteiger partial charge is 0.259 e. The largest absolute Gasteiger partial charge is 0.493 e. The molecule has 0 saturated carbocycles. The van der Waals surface area contributed by atoms with E-state index in [-0.39, 0.29) is 12.0 Å². The van der Waals surface area contributed by atoms with Crippen molar-refractivity contribution in [3.63, 3.8) is 0 Å². The van der Waals surface area contributed by atoms with Gasteiger partial charge in [0.25, 0.3) is 5.91 Å². The molecule has 0 fully saturated rings. The van der Waals surface area contributed by atoms with E-state index in [0.717, 1.165) is 12.2 Å². The number of amides is 1. The highest BCUT2D eigenvalue weighted by Crippen LogP contribution is 2.23. The zero-order valence-electron chi connectivity index (χ0n) is 15.4. The van der Waals surface area contributed by atoms with E-state index in [1.807, 2.05) is 56.3 Å². The molecule has 2 rings (SSSR count). The average molecular weight is 341 g/mol. The van der Waals surface area contributed by atoms with Crippen LogP contribution < -0.4 is 14.8 Å². The molecule has 0 aliphatic heterocycles. The van der Waals surface area contributed by atoms with Crippen molar-refractivity contribution in [1.29, 1.82) is 0 Å². The van der Waals surface area contributed by atoms with E-state index in [1.165, 1.54) is 0 Å². The molecule has 0 unspecified atom stereocenters. The number of nitrogens with one attached hydrogen (secondary N) is 1. The minimum atomic E-state index is -0.193. The van der Waals surface area contributed by atoms with E-state index in [4.69, 9.17) is 9.47 Å². The topological polar surface area (TPSA) is 47.6 Å². The maximum atomic E-state index is 12.6. The van der Waals surface area contributed by atoms with Gasteiger partial charge in [0.2, 0.25) is 0 Å². The van der Waals surface area contributed by atoms with Crippen molar-refractivity contribution in [2.24, 2.45) is 5.92 Å². The molecule has 25 heavy (non-hydrogen) atoms. The number of carbonyl (C=O) groups is 1. The van der Waals surface area contributed by atoms with E-state index in [1.54, 1.807) is 6.07 Å². The standard InChI is InChI=1S/C21H27NO3/c1-15(2)12-13-24-20-11-6-5-10-19(20)21(23)22-17-8-7-9-18(14-17)25-16(3)4/h5-11,14-16H,12-13H2,1-4H3,(H,22,23). The van der Waals surface area contributed by atoms with Gasteiger partial charge >= 0.3 is 0 Å². The normalized spacial score (nSPS) is 10.8. The highest BCUT2D eigenvalue weighted by atomic mass is 16.5. The van der Waals surface area contributed by atoms with E-state index in [0.29, 0.717) is 29.5 Å². The third-order valence-corrected chi connectivity index (χ3v) is 3.55. The Hall–Kier alpha value is -2.49. The van der Waals surface area contributed by atoms with Gasteiger partial charge in [-0.15, -0.1) is 0 Å². The second kappa shape index (κ2) is 9.11. The molecule has 2 aromatic rings. The molecule has 0 bridgehead atoms. The number of rotatable bonds is 8. The third-order valence-electron chi connectivity index (χ3n) is 3.55. The fourth-order valence-corrected chi connectivity index (χ4v) is 2.30. The summed E-state index contributed by atoms with van der Waals surface area (Å²) in [7, 11) is 0. The van der Waals surface area contributed by atoms with E-state index < -0.39 is 0 Å². The van der Waals surface area contributed by atoms with Crippen LogP contribution in [0.2, 0.25) is 0 Å². The molecule has 2 aromatic carbocycles. The Kier molecular flexibility index (Phi) is 6.87. The van der Waals surface area contributed by atoms with Crippen molar-refractivity contribution < 1.29 is 14.3 Å². The summed E-state index contributed by atoms with van der Waals surface area (Å²) in [6.45, 7) is 8.83. The Bertz CT molecular complexity index is 695. The molecule has 0 aliphatic rings. The number of para-hydroxylation sites is 1. The van der Waals surface area contributed by atoms with Crippen LogP contribution in [0.3, 0.4) is 0 Å². The minimum Gasteiger partial charge on any atom is -0.493 e. The van der Waals surface area contributed by atoms with Gasteiger partial charge in [0.15, 0.2) is 0 Å². The van der Waals surface area contributed by atoms with Crippen LogP contribution in [-0.4, -0.2) is 18.6 Å². The van der Waals surface area contributed by atoms with E-state index in [9.17, 15) is 4.79 Å². The van der Waals surface area contributed by atoms with Crippen LogP contribution in [-0.2, 0) is 0 Å². The summed E-state index contributed by atoms with van der Waals surface area (Å²) in [4.78, 5) is 12.6. The van der Waals surface area contributed by atoms with Crippen LogP contribution in [0.4, 0.5) is 5.69 Å². The first-order valence-electron chi connectivity index (χ1n) is 8.75. The van der Waals surface area contributed by atoms with E-state index in [2.05, 4.69) is 19.2 Å². The number of anilines is 1. The Morgan fingerprint density at radius 3 is 2.52 bits per heavy atom. The fraction of sp³-hybridized carbons (Fsp3) is 0.381. The monoisotopic (exact) mass is 341 g/mol. The van der Waals surface area contributed by atoms with Crippen LogP contribution in [0.15, 0.2) is 48.5 Å². The van der Waals surface area contributed by atoms with Gasteiger partial charge in [-0.05, 0) is 50.5 Å². The molecule has 0 atom stereocenters. The lowest BCUT2D eigenvalue weighted by Gasteiger charge is -2.14. The van der Waals surface area contributed by atoms with Gasteiger partial charge in [0.05, 0.1) is 18.3 Å². The SMILES string of the molecule is CC(C)CCOc1ccccc1C(=O)Nc1cccc(OC(C)C)c1. The predicted octanol–water partition coefficient (Wildman–Crippen LogP) is 5.15. The van der Waals surface area contributed by atoms with Crippen LogP contribution in [0.1, 0.15) is 44.5 Å². The molecule has 0 radical (unpaired) electrons. The molecule has 4 heteroatoms. The van der Waals surface area contributed by atoms with Crippen molar-refractivity contribution in [2.75, 3.05) is 11.9 Å². The summed E-state index contributed by atoms with van der Waals surface area (Å²) in [6, 6.07) is 14.7. The molecule has 0 aromatic heterocycles. The number of carbonyl (C=O) groups excluding carboxylic acids is 1. The Morgan fingerprint density at radius 1 is 1.04 bits per heavy atom. The molecule has 0 aliphatic carbocycles. The van der Waals surface area contributed by atoms with Gasteiger partial charge in [0, 0.05) is 11.8 Å². The maximum Gasteiger partial charge on any atom is 0.259 e. The summed E-state index contributed by atoms with van der Waals surface area (Å²) in [6.07, 6.45) is 1.03. The number of ether oxygens (including phenoxy) is 2. The van der Waals surface area contributed by atoms with Crippen molar-refractivity contribution >= 4 is 11.6 Å². The summed E-state index contributed by atoms with van der Waals surface area (Å²) < 4.78 is 11.5. The van der Waals surface area contributed by atoms with Crippen molar-refractivity contribution in [3.05, 3.63) is 54.1 Å². The fourth-order valence-electron chi connectivity index (χ4n) is 2.30. The Morgan fingerprint density at radius 2 is 1.80 bits per heavy atom. The quantitative estimate of drug-likeness (QED) is 0.722. The number of hydrogen-bond acceptors (Lipinski definition) is 3. The predicted molar refractivity (Wildman–Crippen MR) is 102 cm³/mol. The highest BCUT2D eigenvalue weighted by molar-refractivity contribution is 6.06. The summed E-state index contributed by atoms with van der Waals surface area (Å²) >= 11 is 0. The van der Waals surface area contributed by atoms with Crippen molar-refractivity contribution in [2.45, 2.75) is 40.2 Å². The van der Waals surface area contributed by atoms with E-state index >= 15 is 0 Å². The summed E-state index contributed by atoms with van der Waals surface area (Å²) in [5.41, 5.74) is 1.22. The third kappa shape index (κ3) is 6.14. The zero-order chi connectivity index (χ0) is 18.2. The van der Waals surface area contributed by atoms with Gasteiger partial charge in [-0.1, -0.05) is 32.0 Å². The number of hydrogen-bond donors (Lipinski definition) is 1. The van der Waals surface area contributed by atoms with Crippen molar-refractivity contribution in [3.8, 4) is 11.5 Å². The molecule has 134 valence electrons. The van der Waals surface area contributed by atoms with Gasteiger partial charge in [-0.25, -0.2) is 0 Å². The second-order valence-corrected chi connectivity index (χ2v) is 6.68. The molecule has 4 nitrogen and oxygen atoms in total. The van der Waals surface area contributed by atoms with Crippen LogP contribution in [0.25, 0.3) is 0 Å². The first-order chi connectivity index (χ1) is 12.0. The average Bonchev–Trinajstić information content (AvgIpc) is 2.54. The van der Waals surface area contributed by atoms with Gasteiger partial charge in [0.1, 0.15) is 11.5 Å². The maximum absolute atomic E-state index is 12.6. The highest BCUT2D eigenvalue weighted by Gasteiger charge is 2.13. The Labute approximate surface area is 150 Å². The second-order valence-electron chi connectivity index (χ2n) is 6.68. The molecular weight excluding hydrogens is 314 g/mol. The summed E-state index contributed by atoms with van der Waals surface area (Å²) in [5, 5.41) is 2.91. The first-order valence-corrected chi connectivity index (χ1v) is 8.75. The lowest BCUT2D eigenvalue weighted by atomic mass is 10.1. The molecular formula is C21H27NO3. The Balaban J connectivity index is 2.08. The van der Waals surface area contributed by atoms with Crippen LogP contribution in [0, 0.1) is 5.92 Å². The molecule has 0 saturated heterocycles. The van der Waals surface area contributed by atoms with Crippen LogP contribution in [0.5, 0.6) is 11.5 Å². The number of benzene rings is 2.